The van der Waals surface area contributed by atoms with E-state index in [2.05, 4.69) is 15.3 Å². The van der Waals surface area contributed by atoms with Gasteiger partial charge in [-0.15, -0.1) is 5.10 Å². The van der Waals surface area contributed by atoms with Gasteiger partial charge in [-0.3, -0.25) is 4.98 Å². The predicted octanol–water partition coefficient (Wildman–Crippen LogP) is 1.93. The molecule has 0 fully saturated rings. The summed E-state index contributed by atoms with van der Waals surface area (Å²) in [6, 6.07) is 10.7. The summed E-state index contributed by atoms with van der Waals surface area (Å²) in [6.45, 7) is 1.93. The lowest BCUT2D eigenvalue weighted by Crippen LogP contribution is -2.03. The minimum Gasteiger partial charge on any atom is -0.506 e. The summed E-state index contributed by atoms with van der Waals surface area (Å²) in [5.41, 5.74) is 8.70. The van der Waals surface area contributed by atoms with Crippen LogP contribution >= 0.6 is 0 Å². The molecule has 6 heteroatoms. The zero-order valence-corrected chi connectivity index (χ0v) is 10.9. The van der Waals surface area contributed by atoms with Gasteiger partial charge in [0.15, 0.2) is 11.5 Å². The Morgan fingerprint density at radius 1 is 1.20 bits per heavy atom. The van der Waals surface area contributed by atoms with Gasteiger partial charge in [-0.1, -0.05) is 17.3 Å². The zero-order valence-electron chi connectivity index (χ0n) is 10.9. The second-order valence-corrected chi connectivity index (χ2v) is 4.44. The van der Waals surface area contributed by atoms with Crippen LogP contribution in [0.3, 0.4) is 0 Å². The lowest BCUT2D eigenvalue weighted by molar-refractivity contribution is 0.470. The number of benzene rings is 1. The number of hydrogen-bond acceptors (Lipinski definition) is 5. The van der Waals surface area contributed by atoms with Gasteiger partial charge in [0.25, 0.3) is 0 Å². The maximum Gasteiger partial charge on any atom is 0.157 e. The number of nitrogen functional groups attached to an aromatic ring is 1. The Morgan fingerprint density at radius 2 is 2.05 bits per heavy atom. The molecule has 3 N–H and O–H groups in total. The molecular weight excluding hydrogens is 254 g/mol. The molecule has 0 spiro atoms. The summed E-state index contributed by atoms with van der Waals surface area (Å²) in [5, 5.41) is 18.0. The summed E-state index contributed by atoms with van der Waals surface area (Å²) in [4.78, 5) is 4.20. The highest BCUT2D eigenvalue weighted by Crippen LogP contribution is 2.28. The number of aryl methyl sites for hydroxylation is 1. The number of phenols is 1. The van der Waals surface area contributed by atoms with Crippen molar-refractivity contribution >= 4 is 5.82 Å². The van der Waals surface area contributed by atoms with Crippen LogP contribution in [0.15, 0.2) is 42.6 Å². The van der Waals surface area contributed by atoms with E-state index < -0.39 is 0 Å². The normalized spacial score (nSPS) is 10.7. The van der Waals surface area contributed by atoms with Crippen LogP contribution in [0, 0.1) is 6.92 Å². The van der Waals surface area contributed by atoms with Crippen molar-refractivity contribution in [1.82, 2.24) is 20.0 Å². The topological polar surface area (TPSA) is 89.8 Å². The smallest absolute Gasteiger partial charge is 0.157 e. The number of anilines is 1. The maximum atomic E-state index is 9.93. The third-order valence-electron chi connectivity index (χ3n) is 2.97. The van der Waals surface area contributed by atoms with Crippen LogP contribution < -0.4 is 5.73 Å². The Balaban J connectivity index is 2.14. The summed E-state index contributed by atoms with van der Waals surface area (Å²) >= 11 is 0. The van der Waals surface area contributed by atoms with E-state index in [9.17, 15) is 5.11 Å². The van der Waals surface area contributed by atoms with Gasteiger partial charge < -0.3 is 10.8 Å². The Kier molecular flexibility index (Phi) is 2.83. The first-order chi connectivity index (χ1) is 9.66. The van der Waals surface area contributed by atoms with E-state index in [1.165, 1.54) is 4.68 Å². The second kappa shape index (κ2) is 4.65. The van der Waals surface area contributed by atoms with Crippen LogP contribution in [-0.2, 0) is 0 Å². The molecular formula is C14H13N5O. The third-order valence-corrected chi connectivity index (χ3v) is 2.97. The fourth-order valence-electron chi connectivity index (χ4n) is 1.96. The number of aromatic nitrogens is 4. The second-order valence-electron chi connectivity index (χ2n) is 4.44. The molecule has 0 radical (unpaired) electrons. The monoisotopic (exact) mass is 267 g/mol. The molecule has 0 unspecified atom stereocenters. The number of aromatic hydroxyl groups is 1. The van der Waals surface area contributed by atoms with Crippen LogP contribution in [0.5, 0.6) is 5.75 Å². The largest absolute Gasteiger partial charge is 0.506 e. The van der Waals surface area contributed by atoms with Crippen molar-refractivity contribution in [2.24, 2.45) is 0 Å². The van der Waals surface area contributed by atoms with Crippen molar-refractivity contribution in [2.75, 3.05) is 5.73 Å². The Morgan fingerprint density at radius 3 is 2.80 bits per heavy atom. The maximum absolute atomic E-state index is 9.93. The molecule has 0 aliphatic rings. The average molecular weight is 267 g/mol. The first-order valence-corrected chi connectivity index (χ1v) is 6.09. The van der Waals surface area contributed by atoms with Crippen molar-refractivity contribution in [3.05, 3.63) is 48.2 Å². The van der Waals surface area contributed by atoms with Crippen molar-refractivity contribution in [1.29, 1.82) is 0 Å². The Hall–Kier alpha value is -2.89. The Bertz CT molecular complexity index is 752. The highest BCUT2D eigenvalue weighted by atomic mass is 16.3. The van der Waals surface area contributed by atoms with E-state index in [1.54, 1.807) is 24.4 Å². The first-order valence-electron chi connectivity index (χ1n) is 6.09. The van der Waals surface area contributed by atoms with Gasteiger partial charge in [0.05, 0.1) is 5.69 Å². The van der Waals surface area contributed by atoms with Gasteiger partial charge in [0.2, 0.25) is 0 Å². The van der Waals surface area contributed by atoms with Crippen LogP contribution in [-0.4, -0.2) is 25.1 Å². The van der Waals surface area contributed by atoms with Gasteiger partial charge in [0, 0.05) is 6.20 Å². The van der Waals surface area contributed by atoms with Crippen molar-refractivity contribution in [3.8, 4) is 22.8 Å². The molecule has 20 heavy (non-hydrogen) atoms. The number of nitrogens with two attached hydrogens (primary N) is 1. The number of rotatable bonds is 2. The van der Waals surface area contributed by atoms with E-state index in [0.717, 1.165) is 5.56 Å². The van der Waals surface area contributed by atoms with Crippen LogP contribution in [0.4, 0.5) is 5.82 Å². The van der Waals surface area contributed by atoms with Gasteiger partial charge in [-0.25, -0.2) is 0 Å². The van der Waals surface area contributed by atoms with Gasteiger partial charge in [0.1, 0.15) is 11.4 Å². The van der Waals surface area contributed by atoms with E-state index in [0.29, 0.717) is 22.9 Å². The van der Waals surface area contributed by atoms with Crippen molar-refractivity contribution in [2.45, 2.75) is 6.92 Å². The molecule has 0 saturated heterocycles. The summed E-state index contributed by atoms with van der Waals surface area (Å²) in [7, 11) is 0. The minimum atomic E-state index is 0.0970. The molecule has 3 aromatic rings. The van der Waals surface area contributed by atoms with Crippen LogP contribution in [0.1, 0.15) is 5.56 Å². The molecule has 0 aliphatic carbocycles. The predicted molar refractivity (Wildman–Crippen MR) is 75.4 cm³/mol. The molecule has 1 aromatic carbocycles. The fourth-order valence-corrected chi connectivity index (χ4v) is 1.96. The molecule has 0 amide bonds. The number of hydrogen-bond donors (Lipinski definition) is 2. The van der Waals surface area contributed by atoms with E-state index in [4.69, 9.17) is 5.73 Å². The SMILES string of the molecule is Cc1ccc(O)c(-n2nnc(-c3ccccn3)c2N)c1. The lowest BCUT2D eigenvalue weighted by Gasteiger charge is -2.06. The lowest BCUT2D eigenvalue weighted by atomic mass is 10.2. The summed E-state index contributed by atoms with van der Waals surface area (Å²) in [5.74, 6) is 0.435. The highest BCUT2D eigenvalue weighted by molar-refractivity contribution is 5.68. The van der Waals surface area contributed by atoms with Crippen LogP contribution in [0.2, 0.25) is 0 Å². The molecule has 0 saturated carbocycles. The molecule has 100 valence electrons. The highest BCUT2D eigenvalue weighted by Gasteiger charge is 2.16. The summed E-state index contributed by atoms with van der Waals surface area (Å²) in [6.07, 6.45) is 1.66. The summed E-state index contributed by atoms with van der Waals surface area (Å²) < 4.78 is 1.41. The standard InChI is InChI=1S/C14H13N5O/c1-9-5-6-12(20)11(8-9)19-14(15)13(17-18-19)10-4-2-3-7-16-10/h2-8,20H,15H2,1H3. The zero-order chi connectivity index (χ0) is 14.1. The number of pyridine rings is 1. The molecule has 2 heterocycles. The molecule has 3 rings (SSSR count). The third kappa shape index (κ3) is 1.97. The number of phenolic OH excluding ortho intramolecular Hbond substituents is 1. The van der Waals surface area contributed by atoms with E-state index in [1.807, 2.05) is 25.1 Å². The van der Waals surface area contributed by atoms with Gasteiger partial charge in [-0.05, 0) is 36.8 Å². The first kappa shape index (κ1) is 12.2. The molecule has 0 atom stereocenters. The Labute approximate surface area is 115 Å². The fraction of sp³-hybridized carbons (Fsp3) is 0.0714. The van der Waals surface area contributed by atoms with E-state index in [-0.39, 0.29) is 5.75 Å². The van der Waals surface area contributed by atoms with Crippen LogP contribution in [0.25, 0.3) is 17.1 Å². The molecule has 0 aliphatic heterocycles. The van der Waals surface area contributed by atoms with Gasteiger partial charge >= 0.3 is 0 Å². The van der Waals surface area contributed by atoms with Crippen molar-refractivity contribution < 1.29 is 5.11 Å². The molecule has 2 aromatic heterocycles. The molecule has 0 bridgehead atoms. The van der Waals surface area contributed by atoms with Gasteiger partial charge in [-0.2, -0.15) is 4.68 Å². The minimum absolute atomic E-state index is 0.0970. The molecule has 6 nitrogen and oxygen atoms in total. The quantitative estimate of drug-likeness (QED) is 0.740. The average Bonchev–Trinajstić information content (AvgIpc) is 2.84. The van der Waals surface area contributed by atoms with Crippen molar-refractivity contribution in [3.63, 3.8) is 0 Å². The van der Waals surface area contributed by atoms with E-state index >= 15 is 0 Å². The number of nitrogens with zero attached hydrogens (tertiary/aromatic N) is 4.